The third kappa shape index (κ3) is 6.85. The molecule has 188 valence electrons. The Morgan fingerprint density at radius 1 is 1.29 bits per heavy atom. The maximum absolute atomic E-state index is 13.2. The van der Waals surface area contributed by atoms with E-state index in [1.807, 2.05) is 6.07 Å². The molecule has 0 fully saturated rings. The van der Waals surface area contributed by atoms with E-state index in [0.717, 1.165) is 0 Å². The first-order valence-electron chi connectivity index (χ1n) is 11.0. The predicted octanol–water partition coefficient (Wildman–Crippen LogP) is 1.10. The summed E-state index contributed by atoms with van der Waals surface area (Å²) in [6, 6.07) is 10.1. The average Bonchev–Trinajstić information content (AvgIpc) is 3.42. The third-order valence-electron chi connectivity index (χ3n) is 4.90. The zero-order valence-corrected chi connectivity index (χ0v) is 19.2. The van der Waals surface area contributed by atoms with Crippen LogP contribution in [0.25, 0.3) is 0 Å². The lowest BCUT2D eigenvalue weighted by atomic mass is 10.1. The summed E-state index contributed by atoms with van der Waals surface area (Å²) >= 11 is 0. The number of aliphatic carboxylic acids is 1. The molecule has 2 amide bonds. The van der Waals surface area contributed by atoms with Crippen LogP contribution in [0.2, 0.25) is 0 Å². The summed E-state index contributed by atoms with van der Waals surface area (Å²) in [5, 5.41) is 22.6. The minimum absolute atomic E-state index is 0.0184. The van der Waals surface area contributed by atoms with Crippen LogP contribution in [0.3, 0.4) is 0 Å². The molecular formula is C22H28N6O7. The van der Waals surface area contributed by atoms with Crippen molar-refractivity contribution in [2.24, 2.45) is 4.99 Å². The smallest absolute Gasteiger partial charge is 0.409 e. The van der Waals surface area contributed by atoms with E-state index in [2.05, 4.69) is 26.1 Å². The Bertz CT molecular complexity index is 1000. The summed E-state index contributed by atoms with van der Waals surface area (Å²) in [4.78, 5) is 48.4. The number of nitrogens with one attached hydrogen (secondary N) is 3. The molecule has 0 saturated carbocycles. The van der Waals surface area contributed by atoms with Crippen molar-refractivity contribution in [3.63, 3.8) is 0 Å². The number of carboxylic acids is 1. The van der Waals surface area contributed by atoms with Gasteiger partial charge < -0.3 is 14.4 Å². The average molecular weight is 489 g/mol. The number of carbonyl (C=O) groups excluding carboxylic acids is 2. The Morgan fingerprint density at radius 2 is 2.09 bits per heavy atom. The van der Waals surface area contributed by atoms with Crippen molar-refractivity contribution < 1.29 is 33.6 Å². The SMILES string of the molecule is CCCON(C(=O)c1ccno1)C(CNC1N=CCCN1)(NC(=O)OCc1ccccc1)C(=O)O. The quantitative estimate of drug-likeness (QED) is 0.251. The standard InChI is InChI=1S/C22H28N6O7/c1-2-13-34-28(18(29)17-9-12-26-35-17)22(19(30)31,15-25-20-23-10-6-11-24-20)27-21(32)33-14-16-7-4-3-5-8-16/h3-5,7-10,12,20,24-25H,2,6,11,13-15H2,1H3,(H,27,32)(H,30,31). The Kier molecular flexibility index (Phi) is 9.29. The zero-order chi connectivity index (χ0) is 25.1. The van der Waals surface area contributed by atoms with Crippen LogP contribution < -0.4 is 16.0 Å². The minimum Gasteiger partial charge on any atom is -0.478 e. The fraction of sp³-hybridized carbons (Fsp3) is 0.409. The van der Waals surface area contributed by atoms with Gasteiger partial charge in [0.15, 0.2) is 6.29 Å². The van der Waals surface area contributed by atoms with E-state index in [1.54, 1.807) is 37.4 Å². The first-order chi connectivity index (χ1) is 17.0. The van der Waals surface area contributed by atoms with E-state index in [1.165, 1.54) is 12.3 Å². The predicted molar refractivity (Wildman–Crippen MR) is 122 cm³/mol. The summed E-state index contributed by atoms with van der Waals surface area (Å²) in [7, 11) is 0. The topological polar surface area (TPSA) is 168 Å². The molecule has 0 spiro atoms. The summed E-state index contributed by atoms with van der Waals surface area (Å²) in [6.07, 6.45) is 2.36. The second-order valence-corrected chi connectivity index (χ2v) is 7.52. The molecule has 1 aromatic carbocycles. The fourth-order valence-corrected chi connectivity index (χ4v) is 3.15. The molecule has 0 radical (unpaired) electrons. The number of aliphatic imine (C=N–C) groups is 1. The summed E-state index contributed by atoms with van der Waals surface area (Å²) in [6.45, 7) is 1.77. The number of aromatic nitrogens is 1. The van der Waals surface area contributed by atoms with Crippen molar-refractivity contribution in [3.05, 3.63) is 53.9 Å². The van der Waals surface area contributed by atoms with E-state index >= 15 is 0 Å². The van der Waals surface area contributed by atoms with Gasteiger partial charge in [0.05, 0.1) is 19.3 Å². The van der Waals surface area contributed by atoms with Crippen molar-refractivity contribution in [2.75, 3.05) is 19.7 Å². The number of hydrogen-bond acceptors (Lipinski definition) is 10. The summed E-state index contributed by atoms with van der Waals surface area (Å²) < 4.78 is 10.2. The number of hydroxylamine groups is 2. The van der Waals surface area contributed by atoms with Crippen LogP contribution in [0.15, 0.2) is 52.1 Å². The normalized spacial score (nSPS) is 16.8. The highest BCUT2D eigenvalue weighted by molar-refractivity contribution is 5.96. The molecule has 1 aliphatic heterocycles. The van der Waals surface area contributed by atoms with Crippen LogP contribution in [-0.4, -0.2) is 71.2 Å². The molecule has 2 atom stereocenters. The van der Waals surface area contributed by atoms with Gasteiger partial charge >= 0.3 is 18.0 Å². The summed E-state index contributed by atoms with van der Waals surface area (Å²) in [5.41, 5.74) is -1.74. The highest BCUT2D eigenvalue weighted by Gasteiger charge is 2.51. The maximum atomic E-state index is 13.2. The van der Waals surface area contributed by atoms with Gasteiger partial charge in [0, 0.05) is 18.8 Å². The van der Waals surface area contributed by atoms with Crippen LogP contribution in [0.5, 0.6) is 0 Å². The van der Waals surface area contributed by atoms with Gasteiger partial charge in [0.25, 0.3) is 5.66 Å². The molecule has 3 rings (SSSR count). The van der Waals surface area contributed by atoms with Gasteiger partial charge in [-0.05, 0) is 18.4 Å². The lowest BCUT2D eigenvalue weighted by Crippen LogP contribution is -2.72. The number of carbonyl (C=O) groups is 3. The second kappa shape index (κ2) is 12.6. The molecule has 13 nitrogen and oxygen atoms in total. The molecule has 0 saturated heterocycles. The van der Waals surface area contributed by atoms with Gasteiger partial charge in [0.2, 0.25) is 5.76 Å². The zero-order valence-electron chi connectivity index (χ0n) is 19.2. The van der Waals surface area contributed by atoms with Gasteiger partial charge in [-0.2, -0.15) is 5.06 Å². The second-order valence-electron chi connectivity index (χ2n) is 7.52. The number of rotatable bonds is 12. The van der Waals surface area contributed by atoms with E-state index in [0.29, 0.717) is 30.0 Å². The first kappa shape index (κ1) is 25.8. The number of ether oxygens (including phenoxy) is 1. The fourth-order valence-electron chi connectivity index (χ4n) is 3.15. The number of nitrogens with zero attached hydrogens (tertiary/aromatic N) is 3. The molecule has 1 aliphatic rings. The maximum Gasteiger partial charge on any atom is 0.409 e. The number of alkyl carbamates (subject to hydrolysis) is 1. The van der Waals surface area contributed by atoms with Crippen LogP contribution in [-0.2, 0) is 21.0 Å². The number of hydrogen-bond donors (Lipinski definition) is 4. The van der Waals surface area contributed by atoms with E-state index in [9.17, 15) is 19.5 Å². The molecule has 2 aromatic rings. The van der Waals surface area contributed by atoms with Crippen LogP contribution in [0.1, 0.15) is 35.9 Å². The van der Waals surface area contributed by atoms with Crippen molar-refractivity contribution in [3.8, 4) is 0 Å². The highest BCUT2D eigenvalue weighted by atomic mass is 16.7. The van der Waals surface area contributed by atoms with E-state index < -0.39 is 36.5 Å². The molecule has 4 N–H and O–H groups in total. The Balaban J connectivity index is 1.90. The Hall–Kier alpha value is -3.81. The van der Waals surface area contributed by atoms with Gasteiger partial charge in [-0.25, -0.2) is 9.59 Å². The lowest BCUT2D eigenvalue weighted by molar-refractivity contribution is -0.208. The van der Waals surface area contributed by atoms with Gasteiger partial charge in [-0.3, -0.25) is 30.6 Å². The van der Waals surface area contributed by atoms with Crippen molar-refractivity contribution in [1.82, 2.24) is 26.2 Å². The molecular weight excluding hydrogens is 460 g/mol. The van der Waals surface area contributed by atoms with Crippen molar-refractivity contribution in [2.45, 2.75) is 38.3 Å². The largest absolute Gasteiger partial charge is 0.478 e. The lowest BCUT2D eigenvalue weighted by Gasteiger charge is -2.39. The van der Waals surface area contributed by atoms with Crippen LogP contribution >= 0.6 is 0 Å². The molecule has 0 bridgehead atoms. The van der Waals surface area contributed by atoms with Crippen LogP contribution in [0, 0.1) is 0 Å². The third-order valence-corrected chi connectivity index (χ3v) is 4.90. The number of benzene rings is 1. The molecule has 35 heavy (non-hydrogen) atoms. The molecule has 13 heteroatoms. The first-order valence-corrected chi connectivity index (χ1v) is 11.0. The Morgan fingerprint density at radius 3 is 2.71 bits per heavy atom. The number of amides is 2. The Labute approximate surface area is 201 Å². The van der Waals surface area contributed by atoms with Crippen molar-refractivity contribution in [1.29, 1.82) is 0 Å². The number of carboxylic acid groups (broad SMARTS) is 1. The molecule has 2 heterocycles. The van der Waals surface area contributed by atoms with Crippen molar-refractivity contribution >= 4 is 24.2 Å². The van der Waals surface area contributed by atoms with E-state index in [4.69, 9.17) is 14.1 Å². The van der Waals surface area contributed by atoms with Gasteiger partial charge in [-0.15, -0.1) is 0 Å². The highest BCUT2D eigenvalue weighted by Crippen LogP contribution is 2.19. The minimum atomic E-state index is -2.43. The molecule has 1 aromatic heterocycles. The monoisotopic (exact) mass is 488 g/mol. The molecule has 0 aliphatic carbocycles. The molecule has 2 unspecified atom stereocenters. The van der Waals surface area contributed by atoms with Crippen LogP contribution in [0.4, 0.5) is 4.79 Å². The van der Waals surface area contributed by atoms with Gasteiger partial charge in [0.1, 0.15) is 6.61 Å². The van der Waals surface area contributed by atoms with Gasteiger partial charge in [-0.1, -0.05) is 42.4 Å². The van der Waals surface area contributed by atoms with E-state index in [-0.39, 0.29) is 19.0 Å². The summed E-state index contributed by atoms with van der Waals surface area (Å²) in [5.74, 6) is -2.81.